The van der Waals surface area contributed by atoms with Crippen LogP contribution in [0.25, 0.3) is 6.08 Å². The predicted molar refractivity (Wildman–Crippen MR) is 73.9 cm³/mol. The van der Waals surface area contributed by atoms with Crippen LogP contribution in [-0.2, 0) is 19.1 Å². The van der Waals surface area contributed by atoms with Gasteiger partial charge in [0, 0.05) is 19.9 Å². The summed E-state index contributed by atoms with van der Waals surface area (Å²) in [6, 6.07) is 2.64. The second-order valence-corrected chi connectivity index (χ2v) is 5.19. The van der Waals surface area contributed by atoms with Crippen LogP contribution in [0.2, 0.25) is 5.02 Å². The van der Waals surface area contributed by atoms with Crippen molar-refractivity contribution in [2.75, 3.05) is 7.11 Å². The van der Waals surface area contributed by atoms with Gasteiger partial charge in [0.15, 0.2) is 11.5 Å². The van der Waals surface area contributed by atoms with Crippen molar-refractivity contribution < 1.29 is 28.9 Å². The Hall–Kier alpha value is -2.21. The lowest BCUT2D eigenvalue weighted by Gasteiger charge is -2.29. The van der Waals surface area contributed by atoms with Crippen molar-refractivity contribution in [1.82, 2.24) is 0 Å². The summed E-state index contributed by atoms with van der Waals surface area (Å²) in [7, 11) is 1.37. The van der Waals surface area contributed by atoms with Crippen LogP contribution in [-0.4, -0.2) is 29.9 Å². The van der Waals surface area contributed by atoms with Gasteiger partial charge in [-0.1, -0.05) is 11.6 Å². The van der Waals surface area contributed by atoms with Crippen molar-refractivity contribution >= 4 is 29.6 Å². The number of phenolic OH excluding ortho intramolecular Hbond substituents is 1. The fourth-order valence-corrected chi connectivity index (χ4v) is 1.98. The number of hydrogen-bond donors (Lipinski definition) is 1. The van der Waals surface area contributed by atoms with Gasteiger partial charge in [-0.3, -0.25) is 0 Å². The highest BCUT2D eigenvalue weighted by atomic mass is 35.5. The zero-order valence-electron chi connectivity index (χ0n) is 11.6. The van der Waals surface area contributed by atoms with E-state index in [-0.39, 0.29) is 22.1 Å². The van der Waals surface area contributed by atoms with Crippen LogP contribution in [0.5, 0.6) is 11.5 Å². The Bertz CT molecular complexity index is 625. The van der Waals surface area contributed by atoms with Crippen molar-refractivity contribution in [1.29, 1.82) is 0 Å². The van der Waals surface area contributed by atoms with Gasteiger partial charge in [-0.25, -0.2) is 9.59 Å². The van der Waals surface area contributed by atoms with Crippen LogP contribution < -0.4 is 4.74 Å². The van der Waals surface area contributed by atoms with Crippen LogP contribution in [0, 0.1) is 0 Å². The van der Waals surface area contributed by atoms with Gasteiger partial charge in [-0.2, -0.15) is 0 Å². The smallest absolute Gasteiger partial charge is 0.348 e. The maximum Gasteiger partial charge on any atom is 0.348 e. The van der Waals surface area contributed by atoms with Gasteiger partial charge in [-0.05, 0) is 17.7 Å². The van der Waals surface area contributed by atoms with E-state index >= 15 is 0 Å². The number of esters is 2. The molecule has 0 bridgehead atoms. The summed E-state index contributed by atoms with van der Waals surface area (Å²) in [6.45, 7) is 2.91. The van der Waals surface area contributed by atoms with Crippen LogP contribution in [0.15, 0.2) is 17.7 Å². The van der Waals surface area contributed by atoms with E-state index in [0.29, 0.717) is 5.56 Å². The molecule has 0 atom stereocenters. The minimum atomic E-state index is -1.30. The Balaban J connectivity index is 2.44. The number of benzene rings is 1. The molecule has 1 heterocycles. The first-order chi connectivity index (χ1) is 9.73. The van der Waals surface area contributed by atoms with Crippen molar-refractivity contribution in [3.63, 3.8) is 0 Å². The minimum Gasteiger partial charge on any atom is -0.504 e. The van der Waals surface area contributed by atoms with Gasteiger partial charge in [0.25, 0.3) is 5.79 Å². The topological polar surface area (TPSA) is 82.1 Å². The van der Waals surface area contributed by atoms with Crippen LogP contribution in [0.1, 0.15) is 19.4 Å². The number of aromatic hydroxyl groups is 1. The van der Waals surface area contributed by atoms with Gasteiger partial charge in [0.05, 0.1) is 12.1 Å². The van der Waals surface area contributed by atoms with E-state index in [0.717, 1.165) is 0 Å². The molecule has 0 aliphatic carbocycles. The van der Waals surface area contributed by atoms with E-state index in [9.17, 15) is 14.7 Å². The summed E-state index contributed by atoms with van der Waals surface area (Å²) in [4.78, 5) is 23.7. The molecule has 1 aromatic carbocycles. The lowest BCUT2D eigenvalue weighted by atomic mass is 10.1. The average molecular weight is 313 g/mol. The molecule has 1 aromatic rings. The van der Waals surface area contributed by atoms with Gasteiger partial charge < -0.3 is 19.3 Å². The molecule has 112 valence electrons. The number of carbonyl (C=O) groups excluding carboxylic acids is 2. The van der Waals surface area contributed by atoms with E-state index in [2.05, 4.69) is 0 Å². The maximum atomic E-state index is 11.8. The van der Waals surface area contributed by atoms with Gasteiger partial charge in [-0.15, -0.1) is 0 Å². The molecule has 0 amide bonds. The molecule has 1 saturated heterocycles. The van der Waals surface area contributed by atoms with Crippen molar-refractivity contribution in [2.45, 2.75) is 19.6 Å². The Morgan fingerprint density at radius 1 is 1.24 bits per heavy atom. The quantitative estimate of drug-likeness (QED) is 0.512. The van der Waals surface area contributed by atoms with E-state index < -0.39 is 17.7 Å². The zero-order chi connectivity index (χ0) is 15.8. The van der Waals surface area contributed by atoms with Gasteiger partial charge in [0.2, 0.25) is 0 Å². The Morgan fingerprint density at radius 3 is 2.33 bits per heavy atom. The molecule has 0 unspecified atom stereocenters. The fraction of sp³-hybridized carbons (Fsp3) is 0.286. The minimum absolute atomic E-state index is 0.145. The molecule has 2 rings (SSSR count). The molecule has 0 spiro atoms. The predicted octanol–water partition coefficient (Wildman–Crippen LogP) is 2.27. The number of hydrogen-bond acceptors (Lipinski definition) is 6. The molecular formula is C14H13ClO6. The lowest BCUT2D eigenvalue weighted by molar-refractivity contribution is -0.222. The summed E-state index contributed by atoms with van der Waals surface area (Å²) in [5.41, 5.74) is 0.0268. The van der Waals surface area contributed by atoms with E-state index in [4.69, 9.17) is 25.8 Å². The normalized spacial score (nSPS) is 17.0. The monoisotopic (exact) mass is 312 g/mol. The third-order valence-electron chi connectivity index (χ3n) is 2.71. The van der Waals surface area contributed by atoms with E-state index in [1.54, 1.807) is 0 Å². The number of ether oxygens (including phenoxy) is 3. The first-order valence-corrected chi connectivity index (χ1v) is 6.36. The first-order valence-electron chi connectivity index (χ1n) is 5.98. The first kappa shape index (κ1) is 15.2. The molecule has 0 aromatic heterocycles. The molecule has 0 saturated carbocycles. The standard InChI is InChI=1S/C14H13ClO6/c1-14(2)20-12(17)8(13(18)21-14)4-7-5-11(19-3)10(16)6-9(7)15/h4-6,16H,1-3H3. The van der Waals surface area contributed by atoms with Crippen LogP contribution in [0.3, 0.4) is 0 Å². The lowest BCUT2D eigenvalue weighted by Crippen LogP contribution is -2.41. The third-order valence-corrected chi connectivity index (χ3v) is 3.04. The Kier molecular flexibility index (Phi) is 3.82. The number of carbonyl (C=O) groups is 2. The molecule has 21 heavy (non-hydrogen) atoms. The molecule has 0 radical (unpaired) electrons. The summed E-state index contributed by atoms with van der Waals surface area (Å²) < 4.78 is 14.9. The second-order valence-electron chi connectivity index (χ2n) is 4.78. The number of phenols is 1. The molecule has 1 aliphatic heterocycles. The molecule has 7 heteroatoms. The van der Waals surface area contributed by atoms with E-state index in [1.807, 2.05) is 0 Å². The van der Waals surface area contributed by atoms with Crippen molar-refractivity contribution in [2.24, 2.45) is 0 Å². The average Bonchev–Trinajstić information content (AvgIpc) is 2.34. The largest absolute Gasteiger partial charge is 0.504 e. The van der Waals surface area contributed by atoms with Gasteiger partial charge >= 0.3 is 11.9 Å². The van der Waals surface area contributed by atoms with E-state index in [1.165, 1.54) is 39.2 Å². The second kappa shape index (κ2) is 5.29. The zero-order valence-corrected chi connectivity index (χ0v) is 12.4. The number of cyclic esters (lactones) is 2. The number of halogens is 1. The summed E-state index contributed by atoms with van der Waals surface area (Å²) in [5, 5.41) is 9.73. The summed E-state index contributed by atoms with van der Waals surface area (Å²) in [5.74, 6) is -2.91. The fourth-order valence-electron chi connectivity index (χ4n) is 1.77. The Labute approximate surface area is 125 Å². The van der Waals surface area contributed by atoms with Gasteiger partial charge in [0.1, 0.15) is 5.57 Å². The molecule has 6 nitrogen and oxygen atoms in total. The molecule has 1 N–H and O–H groups in total. The maximum absolute atomic E-state index is 11.8. The Morgan fingerprint density at radius 2 is 1.81 bits per heavy atom. The highest BCUT2D eigenvalue weighted by Crippen LogP contribution is 2.34. The summed E-state index contributed by atoms with van der Waals surface area (Å²) >= 11 is 5.96. The number of methoxy groups -OCH3 is 1. The highest BCUT2D eigenvalue weighted by molar-refractivity contribution is 6.32. The van der Waals surface area contributed by atoms with Crippen LogP contribution >= 0.6 is 11.6 Å². The van der Waals surface area contributed by atoms with Crippen molar-refractivity contribution in [3.8, 4) is 11.5 Å². The SMILES string of the molecule is COc1cc(C=C2C(=O)OC(C)(C)OC2=O)c(Cl)cc1O. The van der Waals surface area contributed by atoms with Crippen molar-refractivity contribution in [3.05, 3.63) is 28.3 Å². The third kappa shape index (κ3) is 3.11. The number of rotatable bonds is 2. The molecular weight excluding hydrogens is 300 g/mol. The van der Waals surface area contributed by atoms with Crippen LogP contribution in [0.4, 0.5) is 0 Å². The summed E-state index contributed by atoms with van der Waals surface area (Å²) in [6.07, 6.45) is 1.23. The molecule has 1 aliphatic rings. The highest BCUT2D eigenvalue weighted by Gasteiger charge is 2.38. The molecule has 1 fully saturated rings.